The Morgan fingerprint density at radius 2 is 1.79 bits per heavy atom. The van der Waals surface area contributed by atoms with Crippen LogP contribution >= 0.6 is 11.8 Å². The Morgan fingerprint density at radius 1 is 1.09 bits per heavy atom. The predicted octanol–water partition coefficient (Wildman–Crippen LogP) is 6.78. The molecule has 0 unspecified atom stereocenters. The molecule has 0 aromatic heterocycles. The highest BCUT2D eigenvalue weighted by molar-refractivity contribution is 8.18. The number of hydrogen-bond acceptors (Lipinski definition) is 4. The summed E-state index contributed by atoms with van der Waals surface area (Å²) in [6.45, 7) is 11.4. The van der Waals surface area contributed by atoms with Crippen LogP contribution in [0.4, 0.5) is 14.9 Å². The lowest BCUT2D eigenvalue weighted by Crippen LogP contribution is -2.45. The van der Waals surface area contributed by atoms with E-state index in [1.807, 2.05) is 38.1 Å². The molecular formula is C27H29FN2O2S. The van der Waals surface area contributed by atoms with E-state index in [9.17, 15) is 9.59 Å². The number of hydrogen-bond donors (Lipinski definition) is 0. The first-order valence-corrected chi connectivity index (χ1v) is 12.0. The van der Waals surface area contributed by atoms with Gasteiger partial charge in [0.1, 0.15) is 5.82 Å². The van der Waals surface area contributed by atoms with E-state index in [1.165, 1.54) is 11.0 Å². The number of benzene rings is 2. The molecule has 0 N–H and O–H groups in total. The van der Waals surface area contributed by atoms with Gasteiger partial charge in [-0.05, 0) is 75.2 Å². The second kappa shape index (κ2) is 8.82. The number of carbonyl (C=O) groups is 2. The molecule has 2 aromatic carbocycles. The Morgan fingerprint density at radius 3 is 2.45 bits per heavy atom. The minimum atomic E-state index is -0.398. The van der Waals surface area contributed by atoms with Crippen LogP contribution < -0.4 is 4.90 Å². The average molecular weight is 465 g/mol. The first-order chi connectivity index (χ1) is 15.6. The number of carbonyl (C=O) groups excluding carboxylic acids is 2. The highest BCUT2D eigenvalue weighted by Gasteiger charge is 2.36. The van der Waals surface area contributed by atoms with E-state index in [0.717, 1.165) is 52.7 Å². The number of allylic oxidation sites excluding steroid dienone is 1. The fourth-order valence-corrected chi connectivity index (χ4v) is 5.34. The van der Waals surface area contributed by atoms with Gasteiger partial charge in [-0.1, -0.05) is 42.8 Å². The summed E-state index contributed by atoms with van der Waals surface area (Å²) in [7, 11) is 0. The smallest absolute Gasteiger partial charge is 0.293 e. The van der Waals surface area contributed by atoms with Crippen molar-refractivity contribution in [2.45, 2.75) is 53.1 Å². The van der Waals surface area contributed by atoms with Crippen LogP contribution in [0.25, 0.3) is 11.6 Å². The predicted molar refractivity (Wildman–Crippen MR) is 134 cm³/mol. The highest BCUT2D eigenvalue weighted by atomic mass is 32.2. The van der Waals surface area contributed by atoms with Crippen LogP contribution in [0.2, 0.25) is 0 Å². The molecule has 2 amide bonds. The van der Waals surface area contributed by atoms with Gasteiger partial charge < -0.3 is 4.90 Å². The molecule has 6 heteroatoms. The maximum Gasteiger partial charge on any atom is 0.293 e. The number of aryl methyl sites for hydroxylation is 1. The molecule has 33 heavy (non-hydrogen) atoms. The zero-order valence-corrected chi connectivity index (χ0v) is 20.6. The van der Waals surface area contributed by atoms with Gasteiger partial charge in [0.15, 0.2) is 0 Å². The third kappa shape index (κ3) is 4.49. The summed E-state index contributed by atoms with van der Waals surface area (Å²) < 4.78 is 15.2. The van der Waals surface area contributed by atoms with E-state index < -0.39 is 5.82 Å². The third-order valence-electron chi connectivity index (χ3n) is 6.16. The summed E-state index contributed by atoms with van der Waals surface area (Å²) >= 11 is 0.861. The molecule has 2 heterocycles. The van der Waals surface area contributed by atoms with Crippen LogP contribution in [-0.2, 0) is 11.3 Å². The second-order valence-electron chi connectivity index (χ2n) is 9.28. The van der Waals surface area contributed by atoms with Crippen molar-refractivity contribution in [3.63, 3.8) is 0 Å². The van der Waals surface area contributed by atoms with Crippen molar-refractivity contribution in [1.82, 2.24) is 4.90 Å². The molecule has 2 aliphatic heterocycles. The minimum absolute atomic E-state index is 0.206. The molecule has 4 rings (SSSR count). The van der Waals surface area contributed by atoms with Gasteiger partial charge in [-0.15, -0.1) is 0 Å². The Bertz CT molecular complexity index is 1180. The Balaban J connectivity index is 1.66. The van der Waals surface area contributed by atoms with Crippen LogP contribution in [0.15, 0.2) is 47.4 Å². The van der Waals surface area contributed by atoms with Gasteiger partial charge in [-0.2, -0.15) is 0 Å². The molecule has 2 aromatic rings. The molecule has 0 saturated carbocycles. The van der Waals surface area contributed by atoms with Crippen LogP contribution in [-0.4, -0.2) is 28.1 Å². The van der Waals surface area contributed by atoms with E-state index in [4.69, 9.17) is 0 Å². The zero-order valence-electron chi connectivity index (χ0n) is 19.7. The normalized spacial score (nSPS) is 18.7. The van der Waals surface area contributed by atoms with E-state index in [0.29, 0.717) is 5.56 Å². The van der Waals surface area contributed by atoms with Gasteiger partial charge in [-0.25, -0.2) is 4.39 Å². The number of amides is 2. The fourth-order valence-electron chi connectivity index (χ4n) is 4.51. The number of nitrogens with zero attached hydrogens (tertiary/aromatic N) is 2. The van der Waals surface area contributed by atoms with Crippen molar-refractivity contribution in [1.29, 1.82) is 0 Å². The monoisotopic (exact) mass is 464 g/mol. The van der Waals surface area contributed by atoms with Gasteiger partial charge in [0.2, 0.25) is 0 Å². The summed E-state index contributed by atoms with van der Waals surface area (Å²) in [5.74, 6) is -0.783. The zero-order chi connectivity index (χ0) is 23.9. The summed E-state index contributed by atoms with van der Waals surface area (Å²) in [4.78, 5) is 29.2. The summed E-state index contributed by atoms with van der Waals surface area (Å²) in [6.07, 6.45) is 4.65. The largest absolute Gasteiger partial charge is 0.362 e. The topological polar surface area (TPSA) is 40.6 Å². The molecule has 0 radical (unpaired) electrons. The standard InChI is InChI=1S/C27H29FN2O2S/c1-6-11-30-23-14-22(28)20(12-21(23)18(3)15-27(30,4)5)13-24-25(31)29(26(32)33-24)16-19-9-7-17(2)8-10-19/h7-10,12-15H,6,11,16H2,1-5H3/b24-13+. The van der Waals surface area contributed by atoms with Crippen LogP contribution in [0.5, 0.6) is 0 Å². The van der Waals surface area contributed by atoms with E-state index >= 15 is 4.39 Å². The second-order valence-corrected chi connectivity index (χ2v) is 10.3. The van der Waals surface area contributed by atoms with Crippen LogP contribution in [0, 0.1) is 12.7 Å². The number of rotatable bonds is 5. The van der Waals surface area contributed by atoms with Gasteiger partial charge in [-0.3, -0.25) is 14.5 Å². The Hall–Kier alpha value is -2.86. The van der Waals surface area contributed by atoms with E-state index in [-0.39, 0.29) is 28.1 Å². The molecule has 0 bridgehead atoms. The number of imide groups is 1. The molecule has 2 aliphatic rings. The lowest BCUT2D eigenvalue weighted by molar-refractivity contribution is -0.123. The SMILES string of the molecule is CCCN1c2cc(F)c(/C=C3/SC(=O)N(Cc4ccc(C)cc4)C3=O)cc2C(C)=CC1(C)C. The molecule has 172 valence electrons. The van der Waals surface area contributed by atoms with E-state index in [1.54, 1.807) is 12.1 Å². The summed E-state index contributed by atoms with van der Waals surface area (Å²) in [6, 6.07) is 11.1. The molecular weight excluding hydrogens is 435 g/mol. The third-order valence-corrected chi connectivity index (χ3v) is 7.07. The fraction of sp³-hybridized carbons (Fsp3) is 0.333. The quantitative estimate of drug-likeness (QED) is 0.457. The molecule has 0 atom stereocenters. The Kier molecular flexibility index (Phi) is 6.23. The maximum absolute atomic E-state index is 15.2. The minimum Gasteiger partial charge on any atom is -0.362 e. The van der Waals surface area contributed by atoms with Gasteiger partial charge in [0.25, 0.3) is 11.1 Å². The lowest BCUT2D eigenvalue weighted by Gasteiger charge is -2.43. The van der Waals surface area contributed by atoms with Crippen LogP contribution in [0.1, 0.15) is 56.4 Å². The highest BCUT2D eigenvalue weighted by Crippen LogP contribution is 2.41. The molecule has 4 nitrogen and oxygen atoms in total. The molecule has 1 fully saturated rings. The molecule has 0 aliphatic carbocycles. The van der Waals surface area contributed by atoms with Crippen molar-refractivity contribution < 1.29 is 14.0 Å². The summed E-state index contributed by atoms with van der Waals surface area (Å²) in [5, 5.41) is -0.336. The van der Waals surface area contributed by atoms with Gasteiger partial charge in [0.05, 0.1) is 17.0 Å². The van der Waals surface area contributed by atoms with Crippen molar-refractivity contribution in [2.75, 3.05) is 11.4 Å². The van der Waals surface area contributed by atoms with Crippen molar-refractivity contribution in [2.24, 2.45) is 0 Å². The van der Waals surface area contributed by atoms with Crippen molar-refractivity contribution in [3.05, 3.63) is 75.5 Å². The first-order valence-electron chi connectivity index (χ1n) is 11.2. The van der Waals surface area contributed by atoms with E-state index in [2.05, 4.69) is 31.7 Å². The van der Waals surface area contributed by atoms with Gasteiger partial charge in [0, 0.05) is 23.4 Å². The number of halogens is 1. The first kappa shape index (κ1) is 23.3. The van der Waals surface area contributed by atoms with Gasteiger partial charge >= 0.3 is 0 Å². The lowest BCUT2D eigenvalue weighted by atomic mass is 9.87. The number of thioether (sulfide) groups is 1. The summed E-state index contributed by atoms with van der Waals surface area (Å²) in [5.41, 5.74) is 4.99. The average Bonchev–Trinajstić information content (AvgIpc) is 3.00. The van der Waals surface area contributed by atoms with Crippen molar-refractivity contribution in [3.8, 4) is 0 Å². The number of fused-ring (bicyclic) bond motifs is 1. The Labute approximate surface area is 199 Å². The number of anilines is 1. The maximum atomic E-state index is 15.2. The molecule has 1 saturated heterocycles. The molecule has 0 spiro atoms. The van der Waals surface area contributed by atoms with Crippen LogP contribution in [0.3, 0.4) is 0 Å². The van der Waals surface area contributed by atoms with Crippen molar-refractivity contribution >= 4 is 40.2 Å².